The molecule has 1 aromatic rings. The van der Waals surface area contributed by atoms with Crippen molar-refractivity contribution in [3.05, 3.63) is 18.2 Å². The number of nitrogens with one attached hydrogen (secondary N) is 8. The molecule has 0 radical (unpaired) electrons. The van der Waals surface area contributed by atoms with Gasteiger partial charge in [-0.15, -0.1) is 0 Å². The summed E-state index contributed by atoms with van der Waals surface area (Å²) in [5.41, 5.74) is 17.6. The van der Waals surface area contributed by atoms with Gasteiger partial charge in [-0.1, -0.05) is 41.5 Å². The fraction of sp³-hybridized carbons (Fsp3) is 0.733. The van der Waals surface area contributed by atoms with Crippen molar-refractivity contribution >= 4 is 77.3 Å². The highest BCUT2D eigenvalue weighted by Gasteiger charge is 2.46. The Morgan fingerprint density at radius 2 is 0.967 bits per heavy atom. The van der Waals surface area contributed by atoms with Gasteiger partial charge in [0.1, 0.15) is 67.0 Å². The number of carbonyl (C=O) groups excluding carboxylic acids is 11. The number of nitrogens with zero attached hydrogens (tertiary/aromatic N) is 5. The number of carboxylic acid groups (broad SMARTS) is 2. The second-order valence-electron chi connectivity index (χ2n) is 25.6. The van der Waals surface area contributed by atoms with Crippen LogP contribution < -0.4 is 54.4 Å². The van der Waals surface area contributed by atoms with E-state index in [2.05, 4.69) is 47.2 Å². The van der Waals surface area contributed by atoms with Gasteiger partial charge in [0.05, 0.1) is 18.4 Å². The Kier molecular flexibility index (Phi) is 29.2. The predicted octanol–water partition coefficient (Wildman–Crippen LogP) is -2.21. The topological polar surface area (TPSA) is 466 Å². The number of nitrogens with two attached hydrogens (primary N) is 3. The molecule has 0 saturated carbocycles. The van der Waals surface area contributed by atoms with E-state index in [1.165, 1.54) is 32.1 Å². The third-order valence-corrected chi connectivity index (χ3v) is 16.8. The highest BCUT2D eigenvalue weighted by atomic mass is 16.4. The average molecular weight is 1280 g/mol. The summed E-state index contributed by atoms with van der Waals surface area (Å²) >= 11 is 0. The van der Waals surface area contributed by atoms with Crippen molar-refractivity contribution in [2.45, 2.75) is 230 Å². The maximum atomic E-state index is 14.8. The summed E-state index contributed by atoms with van der Waals surface area (Å²) < 4.78 is 0. The van der Waals surface area contributed by atoms with Gasteiger partial charge in [-0.25, -0.2) is 4.98 Å². The number of imidazole rings is 1. The number of H-pyrrole nitrogens is 1. The molecule has 4 saturated heterocycles. The molecule has 0 unspecified atom stereocenters. The average Bonchev–Trinajstić information content (AvgIpc) is 2.02. The molecule has 5 heterocycles. The number of carbonyl (C=O) groups is 13. The minimum absolute atomic E-state index is 0.0324. The summed E-state index contributed by atoms with van der Waals surface area (Å²) in [5, 5.41) is 38.2. The van der Waals surface area contributed by atoms with Crippen molar-refractivity contribution in [2.75, 3.05) is 32.7 Å². The van der Waals surface area contributed by atoms with Crippen LogP contribution in [0.1, 0.15) is 156 Å². The lowest BCUT2D eigenvalue weighted by molar-refractivity contribution is -0.147. The normalized spacial score (nSPS) is 20.6. The summed E-state index contributed by atoms with van der Waals surface area (Å²) in [6, 6.07) is -12.8. The van der Waals surface area contributed by atoms with Crippen LogP contribution in [0.2, 0.25) is 0 Å². The molecule has 31 heteroatoms. The maximum Gasteiger partial charge on any atom is 0.303 e. The monoisotopic (exact) mass is 1280 g/mol. The molecule has 0 spiro atoms. The first kappa shape index (κ1) is 74.1. The second-order valence-corrected chi connectivity index (χ2v) is 25.6. The molecule has 1 aromatic heterocycles. The number of aromatic amines is 1. The zero-order chi connectivity index (χ0) is 67.2. The number of aliphatic carboxylic acids is 2. The standard InChI is InChI=1S/C60H98N16O15/c1-33(2)26-41(69-51(83)39(17-19-48(78)79)67-50(82)38(61)13-7-21-65-60(62)63)53(85)71-43(28-35(5)6)57(89)74-23-9-14-45(74)54(86)68-40(18-20-49(80)81)52(84)70-42(27-34(3)4)56(88)75-24-10-15-46(75)55(87)72-44(29-36-30-64-32-66-36)58(90)76-25-11-16-47(76)59(91)73-22-8-12-37(73)31-77/h30-35,37-47,60,65H,7-29,61-63H2,1-6H3,(H,64,66)(H,67,82)(H,68,86)(H,69,83)(H,70,84)(H,71,85)(H,72,87)(H,78,79)(H,80,81)/t37-,38-,39-,40-,41-,42-,43-,44-,45-,46-,47-/m0/s1. The Balaban J connectivity index is 1.30. The Bertz CT molecular complexity index is 2700. The molecule has 31 nitrogen and oxygen atoms in total. The van der Waals surface area contributed by atoms with E-state index < -0.39 is 157 Å². The van der Waals surface area contributed by atoms with Crippen LogP contribution in [-0.2, 0) is 68.7 Å². The first-order valence-corrected chi connectivity index (χ1v) is 32.0. The van der Waals surface area contributed by atoms with Crippen LogP contribution in [-0.4, -0.2) is 223 Å². The van der Waals surface area contributed by atoms with Gasteiger partial charge < -0.3 is 88.7 Å². The Hall–Kier alpha value is -7.64. The Morgan fingerprint density at radius 1 is 0.549 bits per heavy atom. The molecule has 508 valence electrons. The van der Waals surface area contributed by atoms with Gasteiger partial charge in [-0.3, -0.25) is 62.9 Å². The predicted molar refractivity (Wildman–Crippen MR) is 328 cm³/mol. The summed E-state index contributed by atoms with van der Waals surface area (Å²) in [6.45, 7) is 11.9. The van der Waals surface area contributed by atoms with E-state index in [0.29, 0.717) is 63.7 Å². The Labute approximate surface area is 530 Å². The van der Waals surface area contributed by atoms with Gasteiger partial charge in [-0.2, -0.15) is 0 Å². The number of aldehydes is 1. The molecule has 10 amide bonds. The van der Waals surface area contributed by atoms with Gasteiger partial charge in [0.2, 0.25) is 59.1 Å². The molecule has 0 aliphatic carbocycles. The van der Waals surface area contributed by atoms with Crippen molar-refractivity contribution in [2.24, 2.45) is 35.0 Å². The van der Waals surface area contributed by atoms with Gasteiger partial charge in [-0.05, 0) is 121 Å². The van der Waals surface area contributed by atoms with Gasteiger partial charge in [0.15, 0.2) is 0 Å². The third kappa shape index (κ3) is 22.3. The van der Waals surface area contributed by atoms with E-state index in [1.54, 1.807) is 41.5 Å². The van der Waals surface area contributed by atoms with Gasteiger partial charge in [0.25, 0.3) is 0 Å². The minimum Gasteiger partial charge on any atom is -0.481 e. The molecule has 4 aliphatic rings. The second kappa shape index (κ2) is 35.8. The van der Waals surface area contributed by atoms with Crippen molar-refractivity contribution in [3.8, 4) is 0 Å². The summed E-state index contributed by atoms with van der Waals surface area (Å²) in [5.74, 6) is -10.1. The van der Waals surface area contributed by atoms with E-state index in [0.717, 1.165) is 6.29 Å². The fourth-order valence-corrected chi connectivity index (χ4v) is 12.2. The number of hydrogen-bond acceptors (Lipinski definition) is 18. The van der Waals surface area contributed by atoms with Crippen LogP contribution in [0.3, 0.4) is 0 Å². The van der Waals surface area contributed by atoms with Crippen LogP contribution in [0.15, 0.2) is 12.5 Å². The highest BCUT2D eigenvalue weighted by molar-refractivity contribution is 5.99. The number of carboxylic acids is 2. The van der Waals surface area contributed by atoms with Crippen LogP contribution in [0.5, 0.6) is 0 Å². The summed E-state index contributed by atoms with van der Waals surface area (Å²) in [7, 11) is 0. The van der Waals surface area contributed by atoms with Crippen LogP contribution in [0.4, 0.5) is 0 Å². The molecule has 16 N–H and O–H groups in total. The third-order valence-electron chi connectivity index (χ3n) is 16.8. The number of hydrogen-bond donors (Lipinski definition) is 13. The number of likely N-dealkylation sites (tertiary alicyclic amines) is 4. The summed E-state index contributed by atoms with van der Waals surface area (Å²) in [4.78, 5) is 191. The molecular formula is C60H98N16O15. The van der Waals surface area contributed by atoms with E-state index >= 15 is 0 Å². The van der Waals surface area contributed by atoms with E-state index in [-0.39, 0.29) is 94.7 Å². The lowest BCUT2D eigenvalue weighted by atomic mass is 9.99. The largest absolute Gasteiger partial charge is 0.481 e. The Morgan fingerprint density at radius 3 is 1.44 bits per heavy atom. The molecule has 91 heavy (non-hydrogen) atoms. The minimum atomic E-state index is -1.55. The van der Waals surface area contributed by atoms with Crippen molar-refractivity contribution < 1.29 is 72.5 Å². The van der Waals surface area contributed by atoms with Crippen molar-refractivity contribution in [1.82, 2.24) is 66.8 Å². The molecule has 11 atom stereocenters. The van der Waals surface area contributed by atoms with Crippen molar-refractivity contribution in [3.63, 3.8) is 0 Å². The number of rotatable bonds is 36. The molecule has 0 aromatic carbocycles. The number of aromatic nitrogens is 2. The maximum absolute atomic E-state index is 14.8. The molecule has 5 rings (SSSR count). The molecule has 4 aliphatic heterocycles. The first-order valence-electron chi connectivity index (χ1n) is 32.0. The molecule has 0 bridgehead atoms. The SMILES string of the molecule is CC(C)C[C@H](NC(=O)[C@H](CCC(=O)O)NC(=O)[C@@H](N)CCCNC(N)N)C(=O)N[C@@H](CC(C)C)C(=O)N1CCC[C@H]1C(=O)N[C@@H](CCC(=O)O)C(=O)N[C@@H](CC(C)C)C(=O)N1CCC[C@H]1C(=O)N[C@@H](Cc1cnc[nH]1)C(=O)N1CCC[C@H]1C(=O)N1CCC[C@H]1C=O. The molecular weight excluding hydrogens is 1180 g/mol. The quantitative estimate of drug-likeness (QED) is 0.0192. The molecule has 4 fully saturated rings. The smallest absolute Gasteiger partial charge is 0.303 e. The van der Waals surface area contributed by atoms with Crippen molar-refractivity contribution in [1.29, 1.82) is 0 Å². The lowest BCUT2D eigenvalue weighted by Crippen LogP contribution is -2.60. The first-order chi connectivity index (χ1) is 43.1. The van der Waals surface area contributed by atoms with E-state index in [1.807, 2.05) is 0 Å². The number of amides is 10. The summed E-state index contributed by atoms with van der Waals surface area (Å²) in [6.07, 6.45) is 4.76. The lowest BCUT2D eigenvalue weighted by Gasteiger charge is -2.33. The van der Waals surface area contributed by atoms with E-state index in [4.69, 9.17) is 17.2 Å². The van der Waals surface area contributed by atoms with Crippen LogP contribution in [0, 0.1) is 17.8 Å². The van der Waals surface area contributed by atoms with Gasteiger partial charge >= 0.3 is 11.9 Å². The zero-order valence-corrected chi connectivity index (χ0v) is 53.3. The fourth-order valence-electron chi connectivity index (χ4n) is 12.2. The van der Waals surface area contributed by atoms with Crippen LogP contribution >= 0.6 is 0 Å². The van der Waals surface area contributed by atoms with E-state index in [9.17, 15) is 72.5 Å². The van der Waals surface area contributed by atoms with Gasteiger partial charge in [0, 0.05) is 57.3 Å². The zero-order valence-electron chi connectivity index (χ0n) is 53.3. The highest BCUT2D eigenvalue weighted by Crippen LogP contribution is 2.27. The van der Waals surface area contributed by atoms with Crippen LogP contribution in [0.25, 0.3) is 0 Å².